The second kappa shape index (κ2) is 16.6. The van der Waals surface area contributed by atoms with Crippen molar-refractivity contribution in [1.29, 1.82) is 0 Å². The molecule has 0 fully saturated rings. The van der Waals surface area contributed by atoms with Gasteiger partial charge in [0.2, 0.25) is 0 Å². The number of anilines is 3. The van der Waals surface area contributed by atoms with Gasteiger partial charge in [0.25, 0.3) is 0 Å². The minimum absolute atomic E-state index is 0.00276. The van der Waals surface area contributed by atoms with Gasteiger partial charge in [-0.3, -0.25) is 0 Å². The summed E-state index contributed by atoms with van der Waals surface area (Å²) in [5.41, 5.74) is 15.7. The summed E-state index contributed by atoms with van der Waals surface area (Å²) in [5.74, 6) is 0. The first-order valence-corrected chi connectivity index (χ1v) is 23.7. The van der Waals surface area contributed by atoms with Crippen molar-refractivity contribution in [2.24, 2.45) is 0 Å². The molecule has 1 nitrogen and oxygen atoms in total. The van der Waals surface area contributed by atoms with Crippen LogP contribution in [0.4, 0.5) is 17.1 Å². The molecule has 0 bridgehead atoms. The highest BCUT2D eigenvalue weighted by atomic mass is 15.1. The summed E-state index contributed by atoms with van der Waals surface area (Å²) < 4.78 is 0. The molecule has 67 heavy (non-hydrogen) atoms. The molecule has 0 radical (unpaired) electrons. The third-order valence-corrected chi connectivity index (χ3v) is 13.8. The maximum atomic E-state index is 2.45. The summed E-state index contributed by atoms with van der Waals surface area (Å²) in [6.45, 7) is 13.9. The minimum Gasteiger partial charge on any atom is -0.310 e. The van der Waals surface area contributed by atoms with Gasteiger partial charge in [0.05, 0.1) is 5.69 Å². The number of rotatable bonds is 7. The maximum Gasteiger partial charge on any atom is 0.0540 e. The quantitative estimate of drug-likeness (QED) is 0.144. The van der Waals surface area contributed by atoms with Crippen molar-refractivity contribution >= 4 is 60.2 Å². The van der Waals surface area contributed by atoms with Crippen LogP contribution in [0.5, 0.6) is 0 Å². The molecule has 0 heterocycles. The molecule has 11 aromatic rings. The van der Waals surface area contributed by atoms with E-state index in [1.165, 1.54) is 98.7 Å². The Hall–Kier alpha value is -7.74. The van der Waals surface area contributed by atoms with E-state index in [0.717, 1.165) is 17.1 Å². The highest BCUT2D eigenvalue weighted by molar-refractivity contribution is 6.12. The second-order valence-electron chi connectivity index (χ2n) is 20.2. The van der Waals surface area contributed by atoms with Crippen LogP contribution in [0.1, 0.15) is 52.7 Å². The Kier molecular flexibility index (Phi) is 10.4. The van der Waals surface area contributed by atoms with Crippen LogP contribution in [-0.2, 0) is 10.8 Å². The summed E-state index contributed by atoms with van der Waals surface area (Å²) in [7, 11) is 0. The summed E-state index contributed by atoms with van der Waals surface area (Å²) in [6, 6.07) is 83.3. The summed E-state index contributed by atoms with van der Waals surface area (Å²) in [4.78, 5) is 2.45. The van der Waals surface area contributed by atoms with Gasteiger partial charge in [-0.25, -0.2) is 0 Å². The number of benzene rings is 11. The lowest BCUT2D eigenvalue weighted by molar-refractivity contribution is 0.569. The number of hydrogen-bond acceptors (Lipinski definition) is 1. The predicted molar refractivity (Wildman–Crippen MR) is 290 cm³/mol. The normalized spacial score (nSPS) is 12.0. The molecule has 0 aliphatic rings. The fourth-order valence-corrected chi connectivity index (χ4v) is 10.1. The van der Waals surface area contributed by atoms with Crippen molar-refractivity contribution < 1.29 is 0 Å². The van der Waals surface area contributed by atoms with Gasteiger partial charge < -0.3 is 4.90 Å². The van der Waals surface area contributed by atoms with Crippen molar-refractivity contribution in [1.82, 2.24) is 0 Å². The maximum absolute atomic E-state index is 2.45. The van der Waals surface area contributed by atoms with Gasteiger partial charge in [-0.1, -0.05) is 236 Å². The molecule has 0 unspecified atom stereocenters. The highest BCUT2D eigenvalue weighted by Crippen LogP contribution is 2.47. The van der Waals surface area contributed by atoms with Gasteiger partial charge >= 0.3 is 0 Å². The topological polar surface area (TPSA) is 3.24 Å². The molecule has 0 spiro atoms. The van der Waals surface area contributed by atoms with Gasteiger partial charge in [0.15, 0.2) is 0 Å². The Morgan fingerprint density at radius 2 is 0.731 bits per heavy atom. The molecule has 0 amide bonds. The largest absolute Gasteiger partial charge is 0.310 e. The predicted octanol–water partition coefficient (Wildman–Crippen LogP) is 19.0. The lowest BCUT2D eigenvalue weighted by Crippen LogP contribution is -2.16. The molecule has 0 N–H and O–H groups in total. The van der Waals surface area contributed by atoms with E-state index in [-0.39, 0.29) is 10.8 Å². The standard InChI is InChI=1S/C66H55N/c1-65(2,3)50-41-49(42-51(43-50)66(4,5)6)58-27-14-20-48-21-15-29-62(64(48)58)61-24-11-12-30-63(61)67(52-36-31-46(32-37-52)55-25-13-19-44-17-7-9-22-54(44)55)53-38-33-47(34-39-53)57-26-16-28-59-56-23-10-8-18-45(56)35-40-60(57)59/h7-43H,1-6H3. The van der Waals surface area contributed by atoms with Crippen molar-refractivity contribution in [3.05, 3.63) is 236 Å². The molecule has 1 heteroatoms. The van der Waals surface area contributed by atoms with Gasteiger partial charge in [0, 0.05) is 16.9 Å². The van der Waals surface area contributed by atoms with Crippen LogP contribution < -0.4 is 4.90 Å². The first-order chi connectivity index (χ1) is 32.5. The molecule has 0 saturated heterocycles. The average molecular weight is 862 g/mol. The van der Waals surface area contributed by atoms with Gasteiger partial charge in [-0.2, -0.15) is 0 Å². The van der Waals surface area contributed by atoms with E-state index in [9.17, 15) is 0 Å². The van der Waals surface area contributed by atoms with Crippen LogP contribution >= 0.6 is 0 Å². The number of hydrogen-bond donors (Lipinski definition) is 0. The van der Waals surface area contributed by atoms with Gasteiger partial charge in [-0.15, -0.1) is 0 Å². The monoisotopic (exact) mass is 861 g/mol. The summed E-state index contributed by atoms with van der Waals surface area (Å²) >= 11 is 0. The number of fused-ring (bicyclic) bond motifs is 5. The van der Waals surface area contributed by atoms with E-state index in [2.05, 4.69) is 271 Å². The Morgan fingerprint density at radius 1 is 0.284 bits per heavy atom. The van der Waals surface area contributed by atoms with Crippen LogP contribution in [0.25, 0.3) is 87.6 Å². The van der Waals surface area contributed by atoms with Gasteiger partial charge in [0.1, 0.15) is 0 Å². The Morgan fingerprint density at radius 3 is 1.36 bits per heavy atom. The Bertz CT molecular complexity index is 3590. The zero-order valence-electron chi connectivity index (χ0n) is 39.3. The van der Waals surface area contributed by atoms with Crippen molar-refractivity contribution in [2.75, 3.05) is 4.90 Å². The van der Waals surface area contributed by atoms with Crippen molar-refractivity contribution in [3.63, 3.8) is 0 Å². The fraction of sp³-hybridized carbons (Fsp3) is 0.121. The lowest BCUT2D eigenvalue weighted by Gasteiger charge is -2.29. The van der Waals surface area contributed by atoms with E-state index < -0.39 is 0 Å². The summed E-state index contributed by atoms with van der Waals surface area (Å²) in [6.07, 6.45) is 0. The molecule has 11 aromatic carbocycles. The molecule has 0 aliphatic carbocycles. The minimum atomic E-state index is -0.00276. The first kappa shape index (κ1) is 41.9. The number of para-hydroxylation sites is 1. The highest BCUT2D eigenvalue weighted by Gasteiger charge is 2.24. The van der Waals surface area contributed by atoms with Crippen LogP contribution in [0.3, 0.4) is 0 Å². The SMILES string of the molecule is CC(C)(C)c1cc(-c2cccc3cccc(-c4ccccc4N(c4ccc(-c5cccc6ccccc56)cc4)c4ccc(-c5cccc6c5ccc5ccccc56)cc4)c23)cc(C(C)(C)C)c1. The van der Waals surface area contributed by atoms with Crippen molar-refractivity contribution in [2.45, 2.75) is 52.4 Å². The molecule has 0 aromatic heterocycles. The third kappa shape index (κ3) is 7.75. The zero-order chi connectivity index (χ0) is 45.9. The van der Waals surface area contributed by atoms with E-state index in [4.69, 9.17) is 0 Å². The van der Waals surface area contributed by atoms with Crippen LogP contribution in [0.2, 0.25) is 0 Å². The molecular formula is C66H55N. The molecular weight excluding hydrogens is 807 g/mol. The Balaban J connectivity index is 1.09. The van der Waals surface area contributed by atoms with E-state index >= 15 is 0 Å². The second-order valence-corrected chi connectivity index (χ2v) is 20.2. The molecule has 11 rings (SSSR count). The smallest absolute Gasteiger partial charge is 0.0540 e. The summed E-state index contributed by atoms with van der Waals surface area (Å²) in [5, 5.41) is 10.1. The van der Waals surface area contributed by atoms with E-state index in [0.29, 0.717) is 0 Å². The van der Waals surface area contributed by atoms with Crippen LogP contribution in [0.15, 0.2) is 224 Å². The molecule has 0 atom stereocenters. The Labute approximate surface area is 395 Å². The van der Waals surface area contributed by atoms with Crippen LogP contribution in [-0.4, -0.2) is 0 Å². The van der Waals surface area contributed by atoms with E-state index in [1.807, 2.05) is 0 Å². The molecule has 0 aliphatic heterocycles. The lowest BCUT2D eigenvalue weighted by atomic mass is 9.78. The van der Waals surface area contributed by atoms with E-state index in [1.54, 1.807) is 0 Å². The third-order valence-electron chi connectivity index (χ3n) is 13.8. The average Bonchev–Trinajstić information content (AvgIpc) is 3.35. The van der Waals surface area contributed by atoms with Crippen molar-refractivity contribution in [3.8, 4) is 44.5 Å². The first-order valence-electron chi connectivity index (χ1n) is 23.7. The van der Waals surface area contributed by atoms with Crippen LogP contribution in [0, 0.1) is 0 Å². The molecule has 324 valence electrons. The number of nitrogens with zero attached hydrogens (tertiary/aromatic N) is 1. The zero-order valence-corrected chi connectivity index (χ0v) is 39.3. The fourth-order valence-electron chi connectivity index (χ4n) is 10.1. The van der Waals surface area contributed by atoms with Gasteiger partial charge in [-0.05, 0) is 134 Å². The molecule has 0 saturated carbocycles.